The molecule has 0 aliphatic rings. The second kappa shape index (κ2) is 8.89. The quantitative estimate of drug-likeness (QED) is 0.428. The van der Waals surface area contributed by atoms with Gasteiger partial charge in [0.25, 0.3) is 0 Å². The molecular formula is C20H19N5OS3. The van der Waals surface area contributed by atoms with Gasteiger partial charge in [0, 0.05) is 15.9 Å². The van der Waals surface area contributed by atoms with E-state index in [-0.39, 0.29) is 11.7 Å². The number of hydrogen-bond acceptors (Lipinski definition) is 7. The summed E-state index contributed by atoms with van der Waals surface area (Å²) in [6.45, 7) is 4.42. The smallest absolute Gasteiger partial charge is 0.230 e. The van der Waals surface area contributed by atoms with E-state index in [0.29, 0.717) is 11.7 Å². The van der Waals surface area contributed by atoms with Crippen LogP contribution in [-0.4, -0.2) is 31.4 Å². The van der Waals surface area contributed by atoms with E-state index in [1.54, 1.807) is 22.7 Å². The maximum Gasteiger partial charge on any atom is 0.230 e. The van der Waals surface area contributed by atoms with Crippen LogP contribution in [0.25, 0.3) is 16.3 Å². The van der Waals surface area contributed by atoms with Crippen LogP contribution in [0.5, 0.6) is 0 Å². The molecule has 0 aliphatic heterocycles. The fourth-order valence-electron chi connectivity index (χ4n) is 2.76. The van der Waals surface area contributed by atoms with E-state index in [1.807, 2.05) is 54.8 Å². The largest absolute Gasteiger partial charge is 0.350 e. The highest BCUT2D eigenvalue weighted by molar-refractivity contribution is 7.99. The van der Waals surface area contributed by atoms with Gasteiger partial charge in [0.2, 0.25) is 5.91 Å². The Kier molecular flexibility index (Phi) is 6.08. The van der Waals surface area contributed by atoms with Crippen LogP contribution in [0.1, 0.15) is 15.7 Å². The summed E-state index contributed by atoms with van der Waals surface area (Å²) in [7, 11) is 0. The molecule has 1 N–H and O–H groups in total. The van der Waals surface area contributed by atoms with Crippen molar-refractivity contribution in [3.63, 3.8) is 0 Å². The van der Waals surface area contributed by atoms with Crippen LogP contribution < -0.4 is 5.32 Å². The van der Waals surface area contributed by atoms with Gasteiger partial charge in [0.1, 0.15) is 5.82 Å². The highest BCUT2D eigenvalue weighted by Crippen LogP contribution is 2.29. The van der Waals surface area contributed by atoms with Crippen molar-refractivity contribution in [3.05, 3.63) is 63.6 Å². The second-order valence-corrected chi connectivity index (χ2v) is 9.46. The average Bonchev–Trinajstić information content (AvgIpc) is 3.45. The van der Waals surface area contributed by atoms with E-state index in [9.17, 15) is 4.79 Å². The summed E-state index contributed by atoms with van der Waals surface area (Å²) in [5, 5.41) is 15.2. The zero-order valence-electron chi connectivity index (χ0n) is 16.0. The zero-order chi connectivity index (χ0) is 20.2. The molecule has 0 saturated heterocycles. The molecule has 0 spiro atoms. The fraction of sp³-hybridized carbons (Fsp3) is 0.200. The van der Waals surface area contributed by atoms with E-state index in [2.05, 4.69) is 31.9 Å². The topological polar surface area (TPSA) is 72.7 Å². The van der Waals surface area contributed by atoms with Gasteiger partial charge >= 0.3 is 0 Å². The Morgan fingerprint density at radius 2 is 1.97 bits per heavy atom. The van der Waals surface area contributed by atoms with Crippen molar-refractivity contribution < 1.29 is 4.79 Å². The van der Waals surface area contributed by atoms with Gasteiger partial charge in [-0.15, -0.1) is 32.9 Å². The number of para-hydroxylation sites is 1. The monoisotopic (exact) mass is 441 g/mol. The Bertz CT molecular complexity index is 1120. The predicted molar refractivity (Wildman–Crippen MR) is 119 cm³/mol. The first kappa shape index (κ1) is 19.8. The molecule has 0 saturated carbocycles. The lowest BCUT2D eigenvalue weighted by Crippen LogP contribution is -2.24. The number of thioether (sulfide) groups is 1. The number of nitrogens with one attached hydrogen (secondary N) is 1. The lowest BCUT2D eigenvalue weighted by Gasteiger charge is -2.08. The minimum absolute atomic E-state index is 0.0327. The molecule has 0 bridgehead atoms. The molecule has 3 heterocycles. The van der Waals surface area contributed by atoms with Gasteiger partial charge in [0.05, 0.1) is 27.9 Å². The first-order chi connectivity index (χ1) is 14.1. The SMILES string of the molecule is Cc1nc(-c2ccc(CNC(=O)CSc3nnc(C)n3-c3ccccc3)s2)cs1. The van der Waals surface area contributed by atoms with Crippen molar-refractivity contribution in [1.82, 2.24) is 25.1 Å². The van der Waals surface area contributed by atoms with Gasteiger partial charge in [-0.05, 0) is 38.1 Å². The number of carbonyl (C=O) groups is 1. The average molecular weight is 442 g/mol. The summed E-state index contributed by atoms with van der Waals surface area (Å²) in [6.07, 6.45) is 0. The maximum absolute atomic E-state index is 12.3. The van der Waals surface area contributed by atoms with E-state index >= 15 is 0 Å². The molecule has 0 radical (unpaired) electrons. The Labute approximate surface area is 181 Å². The standard InChI is InChI=1S/C20H19N5OS3/c1-13-23-24-20(25(13)15-6-4-3-5-7-15)28-12-19(26)21-10-16-8-9-18(29-16)17-11-27-14(2)22-17/h3-9,11H,10,12H2,1-2H3,(H,21,26). The molecule has 4 rings (SSSR count). The molecule has 0 atom stereocenters. The molecule has 0 fully saturated rings. The number of carbonyl (C=O) groups excluding carboxylic acids is 1. The van der Waals surface area contributed by atoms with Gasteiger partial charge < -0.3 is 5.32 Å². The number of aromatic nitrogens is 4. The molecule has 0 aliphatic carbocycles. The summed E-state index contributed by atoms with van der Waals surface area (Å²) in [5.41, 5.74) is 1.99. The molecule has 0 unspecified atom stereocenters. The normalized spacial score (nSPS) is 11.0. The highest BCUT2D eigenvalue weighted by atomic mass is 32.2. The van der Waals surface area contributed by atoms with Crippen LogP contribution in [0.15, 0.2) is 53.0 Å². The minimum atomic E-state index is -0.0327. The zero-order valence-corrected chi connectivity index (χ0v) is 18.4. The second-order valence-electron chi connectivity index (χ2n) is 6.28. The molecule has 29 heavy (non-hydrogen) atoms. The van der Waals surface area contributed by atoms with Gasteiger partial charge in [-0.3, -0.25) is 9.36 Å². The molecule has 4 aromatic rings. The first-order valence-electron chi connectivity index (χ1n) is 8.98. The third kappa shape index (κ3) is 4.75. The van der Waals surface area contributed by atoms with Crippen molar-refractivity contribution in [2.75, 3.05) is 5.75 Å². The number of hydrogen-bond donors (Lipinski definition) is 1. The third-order valence-electron chi connectivity index (χ3n) is 4.13. The van der Waals surface area contributed by atoms with Gasteiger partial charge in [-0.1, -0.05) is 30.0 Å². The summed E-state index contributed by atoms with van der Waals surface area (Å²) in [6, 6.07) is 14.0. The number of rotatable bonds is 7. The van der Waals surface area contributed by atoms with Crippen molar-refractivity contribution in [2.24, 2.45) is 0 Å². The fourth-order valence-corrected chi connectivity index (χ4v) is 5.19. The van der Waals surface area contributed by atoms with Gasteiger partial charge in [-0.25, -0.2) is 4.98 Å². The summed E-state index contributed by atoms with van der Waals surface area (Å²) in [4.78, 5) is 19.1. The molecule has 6 nitrogen and oxygen atoms in total. The summed E-state index contributed by atoms with van der Waals surface area (Å²) in [5.74, 6) is 1.05. The van der Waals surface area contributed by atoms with Crippen LogP contribution in [0.4, 0.5) is 0 Å². The number of nitrogens with zero attached hydrogens (tertiary/aromatic N) is 4. The molecule has 3 aromatic heterocycles. The van der Waals surface area contributed by atoms with Crippen LogP contribution in [0.2, 0.25) is 0 Å². The third-order valence-corrected chi connectivity index (χ3v) is 6.95. The van der Waals surface area contributed by atoms with Crippen molar-refractivity contribution in [2.45, 2.75) is 25.5 Å². The minimum Gasteiger partial charge on any atom is -0.350 e. The van der Waals surface area contributed by atoms with Crippen LogP contribution in [-0.2, 0) is 11.3 Å². The molecule has 148 valence electrons. The number of aryl methyl sites for hydroxylation is 2. The van der Waals surface area contributed by atoms with E-state index in [0.717, 1.165) is 32.0 Å². The van der Waals surface area contributed by atoms with Crippen LogP contribution in [0, 0.1) is 13.8 Å². The molecule has 9 heteroatoms. The lowest BCUT2D eigenvalue weighted by atomic mass is 10.3. The Morgan fingerprint density at radius 1 is 1.14 bits per heavy atom. The van der Waals surface area contributed by atoms with Crippen LogP contribution >= 0.6 is 34.4 Å². The van der Waals surface area contributed by atoms with Crippen molar-refractivity contribution >= 4 is 40.3 Å². The highest BCUT2D eigenvalue weighted by Gasteiger charge is 2.13. The number of benzene rings is 1. The van der Waals surface area contributed by atoms with Crippen molar-refractivity contribution in [1.29, 1.82) is 0 Å². The van der Waals surface area contributed by atoms with Gasteiger partial charge in [0.15, 0.2) is 5.16 Å². The predicted octanol–water partition coefficient (Wildman–Crippen LogP) is 4.48. The molecular weight excluding hydrogens is 422 g/mol. The maximum atomic E-state index is 12.3. The van der Waals surface area contributed by atoms with Gasteiger partial charge in [-0.2, -0.15) is 0 Å². The van der Waals surface area contributed by atoms with Crippen molar-refractivity contribution in [3.8, 4) is 16.3 Å². The van der Waals surface area contributed by atoms with Crippen LogP contribution in [0.3, 0.4) is 0 Å². The first-order valence-corrected chi connectivity index (χ1v) is 11.7. The number of amides is 1. The lowest BCUT2D eigenvalue weighted by molar-refractivity contribution is -0.118. The number of thiazole rings is 1. The van der Waals surface area contributed by atoms with E-state index in [4.69, 9.17) is 0 Å². The van der Waals surface area contributed by atoms with E-state index in [1.165, 1.54) is 11.8 Å². The molecule has 1 amide bonds. The van der Waals surface area contributed by atoms with E-state index < -0.39 is 0 Å². The Morgan fingerprint density at radius 3 is 2.72 bits per heavy atom. The Hall–Kier alpha value is -2.49. The molecule has 1 aromatic carbocycles. The number of thiophene rings is 1. The Balaban J connectivity index is 1.33. The summed E-state index contributed by atoms with van der Waals surface area (Å²) < 4.78 is 1.96. The summed E-state index contributed by atoms with van der Waals surface area (Å²) >= 11 is 4.68.